The number of benzene rings is 2. The fourth-order valence-electron chi connectivity index (χ4n) is 6.22. The third-order valence-corrected chi connectivity index (χ3v) is 8.37. The summed E-state index contributed by atoms with van der Waals surface area (Å²) in [6.45, 7) is 2.57. The molecule has 0 amide bonds. The van der Waals surface area contributed by atoms with E-state index in [0.717, 1.165) is 29.8 Å². The second kappa shape index (κ2) is 11.0. The molecule has 41 heavy (non-hydrogen) atoms. The van der Waals surface area contributed by atoms with E-state index in [0.29, 0.717) is 35.3 Å². The smallest absolute Gasteiger partial charge is 0.336 e. The number of hydrogen-bond donors (Lipinski definition) is 1. The van der Waals surface area contributed by atoms with Crippen molar-refractivity contribution in [2.45, 2.75) is 50.5 Å². The zero-order valence-electron chi connectivity index (χ0n) is 23.6. The van der Waals surface area contributed by atoms with Gasteiger partial charge in [0.2, 0.25) is 0 Å². The van der Waals surface area contributed by atoms with E-state index in [1.807, 2.05) is 19.0 Å². The van der Waals surface area contributed by atoms with E-state index < -0.39 is 11.9 Å². The highest BCUT2D eigenvalue weighted by molar-refractivity contribution is 6.04. The van der Waals surface area contributed by atoms with E-state index in [1.54, 1.807) is 31.2 Å². The molecule has 2 aromatic carbocycles. The molecule has 3 aliphatic rings. The summed E-state index contributed by atoms with van der Waals surface area (Å²) in [5.74, 6) is -1.59. The van der Waals surface area contributed by atoms with Crippen LogP contribution in [-0.2, 0) is 19.1 Å². The Balaban J connectivity index is 1.41. The molecule has 0 unspecified atom stereocenters. The van der Waals surface area contributed by atoms with Gasteiger partial charge in [0.05, 0.1) is 29.2 Å². The van der Waals surface area contributed by atoms with Gasteiger partial charge in [-0.05, 0) is 61.9 Å². The molecule has 0 saturated carbocycles. The van der Waals surface area contributed by atoms with Gasteiger partial charge in [-0.3, -0.25) is 9.59 Å². The molecule has 8 heteroatoms. The maximum absolute atomic E-state index is 14.0. The monoisotopic (exact) mass is 554 g/mol. The Hall–Kier alpha value is -4.17. The third kappa shape index (κ3) is 5.08. The van der Waals surface area contributed by atoms with Crippen LogP contribution < -0.4 is 15.6 Å². The summed E-state index contributed by atoms with van der Waals surface area (Å²) in [6.07, 6.45) is 3.85. The molecule has 0 radical (unpaired) electrons. The van der Waals surface area contributed by atoms with Crippen LogP contribution in [0, 0.1) is 0 Å². The molecule has 0 spiro atoms. The summed E-state index contributed by atoms with van der Waals surface area (Å²) in [6, 6.07) is 15.2. The fraction of sp³-hybridized carbons (Fsp3) is 0.364. The normalized spacial score (nSPS) is 22.5. The maximum Gasteiger partial charge on any atom is 0.336 e. The number of Topliss-reactive ketones (excluding diaryl/α,β-unsaturated/α-hetero) is 1. The lowest BCUT2D eigenvalue weighted by Crippen LogP contribution is -2.38. The van der Waals surface area contributed by atoms with Crippen LogP contribution in [-0.4, -0.2) is 45.2 Å². The average molecular weight is 555 g/mol. The molecule has 1 aromatic heterocycles. The summed E-state index contributed by atoms with van der Waals surface area (Å²) in [4.78, 5) is 43.4. The minimum absolute atomic E-state index is 0.0283. The summed E-state index contributed by atoms with van der Waals surface area (Å²) >= 11 is 0. The Morgan fingerprint density at radius 3 is 2.59 bits per heavy atom. The van der Waals surface area contributed by atoms with Gasteiger partial charge in [-0.2, -0.15) is 0 Å². The predicted molar refractivity (Wildman–Crippen MR) is 156 cm³/mol. The molecular weight excluding hydrogens is 520 g/mol. The van der Waals surface area contributed by atoms with Gasteiger partial charge >= 0.3 is 5.97 Å². The molecule has 1 N–H and O–H groups in total. The molecule has 1 fully saturated rings. The number of ether oxygens (including phenoxy) is 2. The molecule has 3 heterocycles. The lowest BCUT2D eigenvalue weighted by Gasteiger charge is -2.36. The Morgan fingerprint density at radius 1 is 1.07 bits per heavy atom. The molecule has 8 nitrogen and oxygen atoms in total. The number of nitrogens with zero attached hydrogens (tertiary/aromatic N) is 1. The number of carbonyl (C=O) groups excluding carboxylic acids is 2. The number of para-hydroxylation sites is 1. The molecule has 1 saturated heterocycles. The van der Waals surface area contributed by atoms with Crippen molar-refractivity contribution in [3.8, 4) is 0 Å². The fourth-order valence-corrected chi connectivity index (χ4v) is 6.22. The average Bonchev–Trinajstić information content (AvgIpc) is 3.49. The van der Waals surface area contributed by atoms with Gasteiger partial charge in [-0.25, -0.2) is 4.79 Å². The lowest BCUT2D eigenvalue weighted by atomic mass is 9.72. The van der Waals surface area contributed by atoms with Gasteiger partial charge in [0.1, 0.15) is 12.2 Å². The van der Waals surface area contributed by atoms with Crippen molar-refractivity contribution in [1.82, 2.24) is 5.32 Å². The van der Waals surface area contributed by atoms with Crippen LogP contribution in [0.25, 0.3) is 11.0 Å². The first-order valence-electron chi connectivity index (χ1n) is 14.1. The van der Waals surface area contributed by atoms with Crippen LogP contribution in [0.15, 0.2) is 86.5 Å². The largest absolute Gasteiger partial charge is 0.464 e. The van der Waals surface area contributed by atoms with E-state index in [4.69, 9.17) is 13.9 Å². The number of hydrogen-bond acceptors (Lipinski definition) is 8. The van der Waals surface area contributed by atoms with Gasteiger partial charge in [-0.1, -0.05) is 24.3 Å². The predicted octanol–water partition coefficient (Wildman–Crippen LogP) is 4.94. The Labute approximate surface area is 238 Å². The zero-order valence-corrected chi connectivity index (χ0v) is 23.6. The minimum atomic E-state index is -0.895. The maximum atomic E-state index is 14.0. The number of fused-ring (bicyclic) bond motifs is 1. The van der Waals surface area contributed by atoms with E-state index >= 15 is 0 Å². The molecule has 3 aromatic rings. The lowest BCUT2D eigenvalue weighted by molar-refractivity contribution is -0.142. The minimum Gasteiger partial charge on any atom is -0.464 e. The van der Waals surface area contributed by atoms with Gasteiger partial charge in [-0.15, -0.1) is 0 Å². The number of carbonyl (C=O) groups is 2. The van der Waals surface area contributed by atoms with Crippen molar-refractivity contribution < 1.29 is 23.5 Å². The van der Waals surface area contributed by atoms with Crippen LogP contribution >= 0.6 is 0 Å². The van der Waals surface area contributed by atoms with E-state index in [-0.39, 0.29) is 47.4 Å². The van der Waals surface area contributed by atoms with Crippen molar-refractivity contribution in [3.63, 3.8) is 0 Å². The highest BCUT2D eigenvalue weighted by atomic mass is 16.6. The summed E-state index contributed by atoms with van der Waals surface area (Å²) in [7, 11) is 3.98. The van der Waals surface area contributed by atoms with Gasteiger partial charge < -0.3 is 24.1 Å². The van der Waals surface area contributed by atoms with Crippen LogP contribution in [0.5, 0.6) is 0 Å². The molecule has 212 valence electrons. The van der Waals surface area contributed by atoms with Crippen molar-refractivity contribution >= 4 is 28.4 Å². The van der Waals surface area contributed by atoms with Crippen molar-refractivity contribution in [2.24, 2.45) is 0 Å². The summed E-state index contributed by atoms with van der Waals surface area (Å²) in [5.41, 5.74) is 4.57. The Morgan fingerprint density at radius 2 is 1.85 bits per heavy atom. The summed E-state index contributed by atoms with van der Waals surface area (Å²) in [5, 5.41) is 3.76. The number of nitrogens with one attached hydrogen (secondary N) is 1. The molecule has 2 aliphatic heterocycles. The van der Waals surface area contributed by atoms with Crippen molar-refractivity contribution in [3.05, 3.63) is 98.7 Å². The van der Waals surface area contributed by atoms with Crippen molar-refractivity contribution in [2.75, 3.05) is 32.2 Å². The van der Waals surface area contributed by atoms with Gasteiger partial charge in [0.15, 0.2) is 11.2 Å². The first kappa shape index (κ1) is 27.0. The van der Waals surface area contributed by atoms with Crippen LogP contribution in [0.2, 0.25) is 0 Å². The molecular formula is C33H34N2O6. The van der Waals surface area contributed by atoms with E-state index in [1.165, 1.54) is 6.26 Å². The molecule has 6 rings (SSSR count). The highest BCUT2D eigenvalue weighted by Crippen LogP contribution is 2.45. The Kier molecular flexibility index (Phi) is 7.26. The Bertz CT molecular complexity index is 1630. The molecule has 0 bridgehead atoms. The van der Waals surface area contributed by atoms with Crippen LogP contribution in [0.3, 0.4) is 0 Å². The third-order valence-electron chi connectivity index (χ3n) is 8.37. The quantitative estimate of drug-likeness (QED) is 0.428. The van der Waals surface area contributed by atoms with Crippen LogP contribution in [0.1, 0.15) is 55.6 Å². The number of rotatable bonds is 6. The van der Waals surface area contributed by atoms with E-state index in [2.05, 4.69) is 29.6 Å². The second-order valence-corrected chi connectivity index (χ2v) is 11.3. The second-order valence-electron chi connectivity index (χ2n) is 11.3. The van der Waals surface area contributed by atoms with Gasteiger partial charge in [0, 0.05) is 55.3 Å². The summed E-state index contributed by atoms with van der Waals surface area (Å²) < 4.78 is 17.2. The zero-order chi connectivity index (χ0) is 28.7. The topological polar surface area (TPSA) is 98.1 Å². The van der Waals surface area contributed by atoms with Crippen molar-refractivity contribution in [1.29, 1.82) is 0 Å². The first-order valence-corrected chi connectivity index (χ1v) is 14.1. The standard InChI is InChI=1S/C33H34N2O6/c1-19-29(33(38)41-17-23-7-6-14-39-23)30(25-18-40-28-9-5-4-8-24(28)32(25)37)31-26(34-19)15-21(16-27(31)36)20-10-12-22(13-11-20)35(2)3/h4-5,8-13,18,21,23,30,34H,6-7,14-17H2,1-3H3/t21-,23+,30-/m1/s1. The number of dihydropyridines is 1. The molecule has 1 aliphatic carbocycles. The number of ketones is 1. The van der Waals surface area contributed by atoms with Gasteiger partial charge in [0.25, 0.3) is 0 Å². The van der Waals surface area contributed by atoms with Crippen LogP contribution in [0.4, 0.5) is 5.69 Å². The number of anilines is 1. The molecule has 3 atom stereocenters. The van der Waals surface area contributed by atoms with E-state index in [9.17, 15) is 14.4 Å². The number of allylic oxidation sites excluding steroid dienone is 3. The highest BCUT2D eigenvalue weighted by Gasteiger charge is 2.43. The number of esters is 1. The first-order chi connectivity index (χ1) is 19.8. The SMILES string of the molecule is CC1=C(C(=O)OC[C@@H]2CCCO2)[C@@H](c2coc3ccccc3c2=O)C2=C(C[C@@H](c3ccc(N(C)C)cc3)CC2=O)N1.